The van der Waals surface area contributed by atoms with Crippen LogP contribution in [-0.4, -0.2) is 46.7 Å². The van der Waals surface area contributed by atoms with E-state index in [1.54, 1.807) is 6.07 Å². The molecule has 1 saturated heterocycles. The fourth-order valence-electron chi connectivity index (χ4n) is 4.53. The number of amides is 3. The molecule has 1 spiro atoms. The summed E-state index contributed by atoms with van der Waals surface area (Å²) in [4.78, 5) is 26.7. The van der Waals surface area contributed by atoms with Gasteiger partial charge < -0.3 is 15.2 Å². The molecule has 1 heterocycles. The van der Waals surface area contributed by atoms with Gasteiger partial charge in [-0.25, -0.2) is 4.79 Å². The first kappa shape index (κ1) is 21.8. The molecule has 1 unspecified atom stereocenters. The fourth-order valence-corrected chi connectivity index (χ4v) is 4.72. The Morgan fingerprint density at radius 1 is 1.10 bits per heavy atom. The third kappa shape index (κ3) is 4.76. The minimum absolute atomic E-state index is 0.00532. The third-order valence-corrected chi connectivity index (χ3v) is 6.64. The summed E-state index contributed by atoms with van der Waals surface area (Å²) in [5.74, 6) is 0.156. The molecule has 1 atom stereocenters. The average Bonchev–Trinajstić information content (AvgIpc) is 3.00. The maximum Gasteiger partial charge on any atom is 0.325 e. The second-order valence-electron chi connectivity index (χ2n) is 8.37. The van der Waals surface area contributed by atoms with Crippen molar-refractivity contribution in [3.63, 3.8) is 0 Å². The number of nitrogens with one attached hydrogen (secondary N) is 1. The molecule has 1 aliphatic carbocycles. The number of rotatable bonds is 7. The van der Waals surface area contributed by atoms with Crippen molar-refractivity contribution in [1.29, 1.82) is 0 Å². The lowest BCUT2D eigenvalue weighted by molar-refractivity contribution is -0.133. The molecule has 3 amide bonds. The lowest BCUT2D eigenvalue weighted by Gasteiger charge is -2.35. The van der Waals surface area contributed by atoms with E-state index in [4.69, 9.17) is 16.3 Å². The SMILES string of the molecule is O=C1NC2(CCC(c3ccccc3)CC2)C(=O)N1CC(O)COCc1ccccc1Cl. The number of aliphatic hydroxyl groups excluding tert-OH is 1. The highest BCUT2D eigenvalue weighted by atomic mass is 35.5. The second kappa shape index (κ2) is 9.39. The zero-order chi connectivity index (χ0) is 21.8. The summed E-state index contributed by atoms with van der Waals surface area (Å²) in [7, 11) is 0. The summed E-state index contributed by atoms with van der Waals surface area (Å²) in [6.45, 7) is 0.171. The Hall–Kier alpha value is -2.41. The lowest BCUT2D eigenvalue weighted by Crippen LogP contribution is -2.49. The molecule has 6 nitrogen and oxygen atoms in total. The van der Waals surface area contributed by atoms with Gasteiger partial charge in [0.2, 0.25) is 0 Å². The summed E-state index contributed by atoms with van der Waals surface area (Å²) in [5.41, 5.74) is 1.25. The predicted molar refractivity (Wildman–Crippen MR) is 118 cm³/mol. The molecule has 2 N–H and O–H groups in total. The first-order valence-corrected chi connectivity index (χ1v) is 11.0. The number of β-amino-alcohol motifs (C(OH)–C–C–N with tert-alkyl or cyclic N) is 1. The van der Waals surface area contributed by atoms with Gasteiger partial charge in [0.1, 0.15) is 5.54 Å². The molecule has 1 saturated carbocycles. The van der Waals surface area contributed by atoms with Crippen molar-refractivity contribution in [3.05, 3.63) is 70.7 Å². The fraction of sp³-hybridized carbons (Fsp3) is 0.417. The number of imide groups is 1. The molecule has 2 aromatic rings. The normalized spacial score (nSPS) is 24.5. The van der Waals surface area contributed by atoms with Gasteiger partial charge in [0.25, 0.3) is 5.91 Å². The number of carbonyl (C=O) groups is 2. The topological polar surface area (TPSA) is 78.9 Å². The van der Waals surface area contributed by atoms with Crippen molar-refractivity contribution < 1.29 is 19.4 Å². The Labute approximate surface area is 187 Å². The van der Waals surface area contributed by atoms with E-state index in [0.29, 0.717) is 23.8 Å². The van der Waals surface area contributed by atoms with Crippen LogP contribution in [-0.2, 0) is 16.1 Å². The summed E-state index contributed by atoms with van der Waals surface area (Å²) < 4.78 is 5.54. The molecule has 0 aromatic heterocycles. The Morgan fingerprint density at radius 3 is 2.48 bits per heavy atom. The number of benzene rings is 2. The van der Waals surface area contributed by atoms with Crippen molar-refractivity contribution in [2.24, 2.45) is 0 Å². The molecule has 0 radical (unpaired) electrons. The van der Waals surface area contributed by atoms with Crippen molar-refractivity contribution in [3.8, 4) is 0 Å². The highest BCUT2D eigenvalue weighted by molar-refractivity contribution is 6.31. The number of hydrogen-bond acceptors (Lipinski definition) is 4. The van der Waals surface area contributed by atoms with Crippen LogP contribution < -0.4 is 5.32 Å². The van der Waals surface area contributed by atoms with Crippen LogP contribution in [0.3, 0.4) is 0 Å². The van der Waals surface area contributed by atoms with Crippen LogP contribution in [0, 0.1) is 0 Å². The average molecular weight is 443 g/mol. The van der Waals surface area contributed by atoms with Gasteiger partial charge in [-0.3, -0.25) is 9.69 Å². The van der Waals surface area contributed by atoms with Crippen LogP contribution in [0.4, 0.5) is 4.79 Å². The molecule has 2 aromatic carbocycles. The van der Waals surface area contributed by atoms with Gasteiger partial charge in [-0.15, -0.1) is 0 Å². The Bertz CT molecular complexity index is 928. The molecule has 2 aliphatic rings. The van der Waals surface area contributed by atoms with Crippen molar-refractivity contribution in [2.75, 3.05) is 13.2 Å². The zero-order valence-corrected chi connectivity index (χ0v) is 18.1. The van der Waals surface area contributed by atoms with E-state index >= 15 is 0 Å². The smallest absolute Gasteiger partial charge is 0.325 e. The minimum Gasteiger partial charge on any atom is -0.389 e. The summed E-state index contributed by atoms with van der Waals surface area (Å²) in [6.07, 6.45) is 1.92. The molecule has 2 fully saturated rings. The first-order valence-electron chi connectivity index (χ1n) is 10.7. The maximum absolute atomic E-state index is 13.1. The number of hydrogen-bond donors (Lipinski definition) is 2. The number of ether oxygens (including phenoxy) is 1. The minimum atomic E-state index is -0.965. The maximum atomic E-state index is 13.1. The number of carbonyl (C=O) groups excluding carboxylic acids is 2. The third-order valence-electron chi connectivity index (χ3n) is 6.27. The van der Waals surface area contributed by atoms with Crippen LogP contribution in [0.2, 0.25) is 5.02 Å². The summed E-state index contributed by atoms with van der Waals surface area (Å²) in [6, 6.07) is 17.2. The van der Waals surface area contributed by atoms with Crippen LogP contribution in [0.25, 0.3) is 0 Å². The van der Waals surface area contributed by atoms with E-state index in [2.05, 4.69) is 17.4 Å². The molecule has 1 aliphatic heterocycles. The first-order chi connectivity index (χ1) is 15.0. The van der Waals surface area contributed by atoms with E-state index in [1.165, 1.54) is 5.56 Å². The standard InChI is InChI=1S/C24H27ClN2O4/c25-21-9-5-4-8-19(21)15-31-16-20(28)14-27-22(29)24(26-23(27)30)12-10-18(11-13-24)17-6-2-1-3-7-17/h1-9,18,20,28H,10-16H2,(H,26,30). The van der Waals surface area contributed by atoms with Crippen molar-refractivity contribution in [1.82, 2.24) is 10.2 Å². The van der Waals surface area contributed by atoms with Gasteiger partial charge in [0, 0.05) is 5.02 Å². The van der Waals surface area contributed by atoms with Crippen molar-refractivity contribution in [2.45, 2.75) is 49.9 Å². The van der Waals surface area contributed by atoms with Gasteiger partial charge in [-0.05, 0) is 48.8 Å². The largest absolute Gasteiger partial charge is 0.389 e. The van der Waals surface area contributed by atoms with Gasteiger partial charge in [-0.1, -0.05) is 60.1 Å². The van der Waals surface area contributed by atoms with Crippen LogP contribution in [0.15, 0.2) is 54.6 Å². The molecule has 31 heavy (non-hydrogen) atoms. The van der Waals surface area contributed by atoms with E-state index in [0.717, 1.165) is 23.3 Å². The quantitative estimate of drug-likeness (QED) is 0.638. The molecule has 164 valence electrons. The zero-order valence-electron chi connectivity index (χ0n) is 17.3. The van der Waals surface area contributed by atoms with Crippen LogP contribution >= 0.6 is 11.6 Å². The van der Waals surface area contributed by atoms with E-state index < -0.39 is 17.7 Å². The number of halogens is 1. The second-order valence-corrected chi connectivity index (χ2v) is 8.78. The van der Waals surface area contributed by atoms with E-state index in [1.807, 2.05) is 36.4 Å². The molecule has 0 bridgehead atoms. The van der Waals surface area contributed by atoms with E-state index in [-0.39, 0.29) is 25.7 Å². The monoisotopic (exact) mass is 442 g/mol. The molecule has 4 rings (SSSR count). The molecular formula is C24H27ClN2O4. The highest BCUT2D eigenvalue weighted by Crippen LogP contribution is 2.40. The van der Waals surface area contributed by atoms with Crippen LogP contribution in [0.5, 0.6) is 0 Å². The van der Waals surface area contributed by atoms with Gasteiger partial charge in [-0.2, -0.15) is 0 Å². The van der Waals surface area contributed by atoms with Crippen LogP contribution in [0.1, 0.15) is 42.7 Å². The van der Waals surface area contributed by atoms with Gasteiger partial charge in [0.15, 0.2) is 0 Å². The summed E-state index contributed by atoms with van der Waals surface area (Å²) >= 11 is 6.10. The Kier molecular flexibility index (Phi) is 6.60. The summed E-state index contributed by atoms with van der Waals surface area (Å²) in [5, 5.41) is 13.8. The number of nitrogens with zero attached hydrogens (tertiary/aromatic N) is 1. The van der Waals surface area contributed by atoms with E-state index in [9.17, 15) is 14.7 Å². The number of urea groups is 1. The highest BCUT2D eigenvalue weighted by Gasteiger charge is 2.52. The Balaban J connectivity index is 1.29. The Morgan fingerprint density at radius 2 is 1.77 bits per heavy atom. The van der Waals surface area contributed by atoms with Gasteiger partial charge in [0.05, 0.1) is 25.9 Å². The lowest BCUT2D eigenvalue weighted by atomic mass is 9.74. The van der Waals surface area contributed by atoms with Gasteiger partial charge >= 0.3 is 6.03 Å². The predicted octanol–water partition coefficient (Wildman–Crippen LogP) is 3.87. The van der Waals surface area contributed by atoms with Crippen molar-refractivity contribution >= 4 is 23.5 Å². The number of aliphatic hydroxyl groups is 1. The molecule has 7 heteroatoms. The molecular weight excluding hydrogens is 416 g/mol.